The highest BCUT2D eigenvalue weighted by atomic mass is 15.3. The Kier molecular flexibility index (Phi) is 5.30. The molecule has 2 saturated carbocycles. The molecule has 0 aromatic heterocycles. The zero-order valence-corrected chi connectivity index (χ0v) is 15.4. The Morgan fingerprint density at radius 1 is 0.739 bits per heavy atom. The van der Waals surface area contributed by atoms with Gasteiger partial charge in [-0.25, -0.2) is 0 Å². The van der Waals surface area contributed by atoms with Crippen LogP contribution in [-0.4, -0.2) is 47.6 Å². The van der Waals surface area contributed by atoms with Gasteiger partial charge in [0.1, 0.15) is 0 Å². The average Bonchev–Trinajstić information content (AvgIpc) is 3.10. The Morgan fingerprint density at radius 2 is 1.52 bits per heavy atom. The summed E-state index contributed by atoms with van der Waals surface area (Å²) in [7, 11) is 0. The second kappa shape index (κ2) is 7.44. The topological polar surface area (TPSA) is 6.48 Å². The maximum Gasteiger partial charge on any atom is 0.0283 e. The lowest BCUT2D eigenvalue weighted by atomic mass is 9.76. The molecule has 0 N–H and O–H groups in total. The lowest BCUT2D eigenvalue weighted by Crippen LogP contribution is -2.63. The Bertz CT molecular complexity index is 368. The molecule has 132 valence electrons. The van der Waals surface area contributed by atoms with Crippen LogP contribution >= 0.6 is 0 Å². The summed E-state index contributed by atoms with van der Waals surface area (Å²) in [5.74, 6) is 2.05. The zero-order chi connectivity index (χ0) is 15.6. The quantitative estimate of drug-likeness (QED) is 0.745. The summed E-state index contributed by atoms with van der Waals surface area (Å²) in [6.45, 7) is 6.53. The smallest absolute Gasteiger partial charge is 0.0283 e. The van der Waals surface area contributed by atoms with Crippen LogP contribution in [0.2, 0.25) is 0 Å². The van der Waals surface area contributed by atoms with Gasteiger partial charge in [0.15, 0.2) is 0 Å². The van der Waals surface area contributed by atoms with Gasteiger partial charge >= 0.3 is 0 Å². The summed E-state index contributed by atoms with van der Waals surface area (Å²) < 4.78 is 0. The van der Waals surface area contributed by atoms with Crippen LogP contribution in [0.5, 0.6) is 0 Å². The van der Waals surface area contributed by atoms with E-state index in [9.17, 15) is 0 Å². The van der Waals surface area contributed by atoms with E-state index in [4.69, 9.17) is 0 Å². The fourth-order valence-electron chi connectivity index (χ4n) is 6.50. The number of fused-ring (bicyclic) bond motifs is 1. The summed E-state index contributed by atoms with van der Waals surface area (Å²) in [5, 5.41) is 0. The van der Waals surface area contributed by atoms with E-state index in [2.05, 4.69) is 16.7 Å². The van der Waals surface area contributed by atoms with Crippen LogP contribution in [0, 0.1) is 11.8 Å². The number of hydrogen-bond donors (Lipinski definition) is 0. The molecule has 0 spiro atoms. The van der Waals surface area contributed by atoms with E-state index in [1.54, 1.807) is 0 Å². The van der Waals surface area contributed by atoms with Gasteiger partial charge in [-0.3, -0.25) is 9.80 Å². The average molecular weight is 319 g/mol. The van der Waals surface area contributed by atoms with Crippen LogP contribution in [0.4, 0.5) is 0 Å². The van der Waals surface area contributed by atoms with Crippen LogP contribution in [0.25, 0.3) is 0 Å². The van der Waals surface area contributed by atoms with Gasteiger partial charge in [0.05, 0.1) is 0 Å². The highest BCUT2D eigenvalue weighted by Gasteiger charge is 2.45. The Labute approximate surface area is 144 Å². The lowest BCUT2D eigenvalue weighted by molar-refractivity contribution is -0.0358. The highest BCUT2D eigenvalue weighted by molar-refractivity contribution is 5.01. The van der Waals surface area contributed by atoms with Crippen molar-refractivity contribution in [1.82, 2.24) is 9.80 Å². The molecular weight excluding hydrogens is 280 g/mol. The summed E-state index contributed by atoms with van der Waals surface area (Å²) >= 11 is 0. The Balaban J connectivity index is 1.49. The fraction of sp³-hybridized carbons (Fsp3) is 1.00. The molecule has 0 aromatic carbocycles. The predicted molar refractivity (Wildman–Crippen MR) is 97.7 cm³/mol. The van der Waals surface area contributed by atoms with E-state index < -0.39 is 0 Å². The van der Waals surface area contributed by atoms with Crippen LogP contribution in [0.15, 0.2) is 0 Å². The van der Waals surface area contributed by atoms with Crippen molar-refractivity contribution >= 4 is 0 Å². The largest absolute Gasteiger partial charge is 0.298 e. The van der Waals surface area contributed by atoms with Gasteiger partial charge < -0.3 is 0 Å². The highest BCUT2D eigenvalue weighted by Crippen LogP contribution is 2.40. The summed E-state index contributed by atoms with van der Waals surface area (Å²) in [6, 6.07) is 2.75. The molecule has 2 heterocycles. The van der Waals surface area contributed by atoms with E-state index >= 15 is 0 Å². The van der Waals surface area contributed by atoms with Gasteiger partial charge in [0.2, 0.25) is 0 Å². The predicted octanol–water partition coefficient (Wildman–Crippen LogP) is 4.68. The van der Waals surface area contributed by atoms with E-state index in [0.717, 1.165) is 30.0 Å². The SMILES string of the molecule is CCC1CCC(N2CCN3CCC[C@@H]3[C@@H]2C2CCCCC2)CC1. The van der Waals surface area contributed by atoms with Gasteiger partial charge in [-0.2, -0.15) is 0 Å². The first-order valence-corrected chi connectivity index (χ1v) is 10.9. The molecule has 2 aliphatic heterocycles. The molecule has 4 rings (SSSR count). The first kappa shape index (κ1) is 16.4. The molecule has 0 amide bonds. The molecule has 2 saturated heterocycles. The van der Waals surface area contributed by atoms with Crippen molar-refractivity contribution in [3.05, 3.63) is 0 Å². The second-order valence-electron chi connectivity index (χ2n) is 8.95. The summed E-state index contributed by atoms with van der Waals surface area (Å²) in [5.41, 5.74) is 0. The minimum atomic E-state index is 0.912. The number of nitrogens with zero attached hydrogens (tertiary/aromatic N) is 2. The number of hydrogen-bond acceptors (Lipinski definition) is 2. The van der Waals surface area contributed by atoms with Crippen molar-refractivity contribution in [2.75, 3.05) is 19.6 Å². The van der Waals surface area contributed by atoms with Crippen molar-refractivity contribution < 1.29 is 0 Å². The lowest BCUT2D eigenvalue weighted by Gasteiger charge is -2.53. The van der Waals surface area contributed by atoms with E-state index in [1.807, 2.05) is 0 Å². The first-order valence-electron chi connectivity index (χ1n) is 10.9. The zero-order valence-electron chi connectivity index (χ0n) is 15.4. The van der Waals surface area contributed by atoms with Crippen LogP contribution in [0.3, 0.4) is 0 Å². The van der Waals surface area contributed by atoms with Crippen LogP contribution in [-0.2, 0) is 0 Å². The van der Waals surface area contributed by atoms with Crippen LogP contribution in [0.1, 0.15) is 84.0 Å². The van der Waals surface area contributed by atoms with Gasteiger partial charge in [-0.05, 0) is 69.7 Å². The van der Waals surface area contributed by atoms with Crippen molar-refractivity contribution in [3.8, 4) is 0 Å². The fourth-order valence-corrected chi connectivity index (χ4v) is 6.50. The third-order valence-corrected chi connectivity index (χ3v) is 7.83. The van der Waals surface area contributed by atoms with Crippen molar-refractivity contribution in [3.63, 3.8) is 0 Å². The van der Waals surface area contributed by atoms with E-state index in [-0.39, 0.29) is 0 Å². The number of rotatable bonds is 3. The molecular formula is C21H38N2. The van der Waals surface area contributed by atoms with Crippen molar-refractivity contribution in [2.45, 2.75) is 102 Å². The Hall–Kier alpha value is -0.0800. The van der Waals surface area contributed by atoms with E-state index in [1.165, 1.54) is 96.7 Å². The molecule has 2 heteroatoms. The standard InChI is InChI=1S/C21H38N2/c1-2-17-10-12-19(13-11-17)23-16-15-22-14-6-9-20(22)21(23)18-7-4-3-5-8-18/h17-21H,2-16H2,1H3/t17?,19?,20-,21+/m1/s1. The molecule has 4 aliphatic rings. The minimum absolute atomic E-state index is 0.912. The van der Waals surface area contributed by atoms with Gasteiger partial charge in [-0.15, -0.1) is 0 Å². The molecule has 2 atom stereocenters. The van der Waals surface area contributed by atoms with Crippen molar-refractivity contribution in [1.29, 1.82) is 0 Å². The minimum Gasteiger partial charge on any atom is -0.298 e. The van der Waals surface area contributed by atoms with Crippen LogP contribution < -0.4 is 0 Å². The molecule has 2 aliphatic carbocycles. The molecule has 23 heavy (non-hydrogen) atoms. The normalized spacial score (nSPS) is 41.1. The third kappa shape index (κ3) is 3.35. The Morgan fingerprint density at radius 3 is 2.26 bits per heavy atom. The van der Waals surface area contributed by atoms with Crippen molar-refractivity contribution in [2.24, 2.45) is 11.8 Å². The first-order chi connectivity index (χ1) is 11.4. The molecule has 0 bridgehead atoms. The molecule has 0 radical (unpaired) electrons. The molecule has 2 nitrogen and oxygen atoms in total. The monoisotopic (exact) mass is 318 g/mol. The molecule has 0 unspecified atom stereocenters. The molecule has 0 aromatic rings. The summed E-state index contributed by atoms with van der Waals surface area (Å²) in [4.78, 5) is 5.93. The second-order valence-corrected chi connectivity index (χ2v) is 8.95. The van der Waals surface area contributed by atoms with Gasteiger partial charge in [-0.1, -0.05) is 32.6 Å². The van der Waals surface area contributed by atoms with Gasteiger partial charge in [0, 0.05) is 31.2 Å². The number of piperazine rings is 1. The summed E-state index contributed by atoms with van der Waals surface area (Å²) in [6.07, 6.45) is 17.9. The molecule has 4 fully saturated rings. The maximum absolute atomic E-state index is 3.06. The third-order valence-electron chi connectivity index (χ3n) is 7.83. The maximum atomic E-state index is 3.06. The van der Waals surface area contributed by atoms with Gasteiger partial charge in [0.25, 0.3) is 0 Å². The van der Waals surface area contributed by atoms with E-state index in [0.29, 0.717) is 0 Å².